The molecule has 0 aliphatic heterocycles. The Labute approximate surface area is 174 Å². The first-order chi connectivity index (χ1) is 12.6. The molecule has 0 saturated heterocycles. The van der Waals surface area contributed by atoms with Crippen LogP contribution in [0.2, 0.25) is 0 Å². The average Bonchev–Trinajstić information content (AvgIpc) is 2.65. The minimum atomic E-state index is -2.89. The molecule has 0 atom stereocenters. The molecule has 0 saturated carbocycles. The molecule has 1 aromatic heterocycles. The van der Waals surface area contributed by atoms with Crippen LogP contribution in [0.15, 0.2) is 47.7 Å². The third-order valence-corrected chi connectivity index (χ3v) is 3.58. The van der Waals surface area contributed by atoms with E-state index in [0.29, 0.717) is 23.8 Å². The Hall–Kier alpha value is -2.17. The molecule has 148 valence electrons. The molecule has 1 heterocycles. The minimum absolute atomic E-state index is 0. The number of aliphatic imine (C=N–C) groups is 1. The van der Waals surface area contributed by atoms with Gasteiger partial charge in [0.2, 0.25) is 0 Å². The van der Waals surface area contributed by atoms with E-state index in [1.54, 1.807) is 25.4 Å². The van der Waals surface area contributed by atoms with Crippen molar-refractivity contribution in [1.29, 1.82) is 0 Å². The Morgan fingerprint density at radius 3 is 2.70 bits per heavy atom. The fourth-order valence-corrected chi connectivity index (χ4v) is 2.30. The molecule has 0 aliphatic rings. The zero-order valence-corrected chi connectivity index (χ0v) is 17.4. The number of benzene rings is 1. The Morgan fingerprint density at radius 1 is 1.26 bits per heavy atom. The molecule has 1 aromatic carbocycles. The molecule has 0 amide bonds. The topological polar surface area (TPSA) is 67.8 Å². The summed E-state index contributed by atoms with van der Waals surface area (Å²) >= 11 is 0. The lowest BCUT2D eigenvalue weighted by Crippen LogP contribution is -2.38. The molecule has 6 nitrogen and oxygen atoms in total. The second-order valence-electron chi connectivity index (χ2n) is 5.32. The van der Waals surface area contributed by atoms with Crippen molar-refractivity contribution in [2.24, 2.45) is 4.99 Å². The monoisotopic (exact) mass is 492 g/mol. The maximum Gasteiger partial charge on any atom is 0.387 e. The van der Waals surface area contributed by atoms with Crippen molar-refractivity contribution < 1.29 is 18.3 Å². The van der Waals surface area contributed by atoms with E-state index in [4.69, 9.17) is 4.74 Å². The van der Waals surface area contributed by atoms with Gasteiger partial charge in [0.1, 0.15) is 11.5 Å². The molecular formula is C18H23F2IN4O2. The van der Waals surface area contributed by atoms with Crippen LogP contribution >= 0.6 is 24.0 Å². The number of nitrogens with one attached hydrogen (secondary N) is 2. The molecule has 0 spiro atoms. The molecule has 9 heteroatoms. The molecule has 2 aromatic rings. The number of hydrogen-bond acceptors (Lipinski definition) is 4. The smallest absolute Gasteiger partial charge is 0.387 e. The number of alkyl halides is 2. The van der Waals surface area contributed by atoms with Gasteiger partial charge in [0.05, 0.1) is 7.11 Å². The van der Waals surface area contributed by atoms with Crippen LogP contribution in [0.25, 0.3) is 0 Å². The lowest BCUT2D eigenvalue weighted by molar-refractivity contribution is -0.0504. The Bertz CT molecular complexity index is 718. The highest BCUT2D eigenvalue weighted by Crippen LogP contribution is 2.25. The molecule has 0 aliphatic carbocycles. The second-order valence-corrected chi connectivity index (χ2v) is 5.32. The van der Waals surface area contributed by atoms with Crippen LogP contribution < -0.4 is 20.1 Å². The zero-order chi connectivity index (χ0) is 18.8. The van der Waals surface area contributed by atoms with Crippen molar-refractivity contribution in [2.45, 2.75) is 19.6 Å². The summed E-state index contributed by atoms with van der Waals surface area (Å²) in [6, 6.07) is 8.56. The van der Waals surface area contributed by atoms with Crippen LogP contribution in [0.5, 0.6) is 11.5 Å². The van der Waals surface area contributed by atoms with Gasteiger partial charge >= 0.3 is 6.61 Å². The molecule has 2 rings (SSSR count). The third-order valence-electron chi connectivity index (χ3n) is 3.58. The summed E-state index contributed by atoms with van der Waals surface area (Å²) in [4.78, 5) is 8.19. The van der Waals surface area contributed by atoms with Gasteiger partial charge in [-0.2, -0.15) is 8.78 Å². The van der Waals surface area contributed by atoms with Crippen molar-refractivity contribution in [3.8, 4) is 11.5 Å². The maximum atomic E-state index is 12.6. The van der Waals surface area contributed by atoms with Crippen LogP contribution in [0.1, 0.15) is 11.1 Å². The lowest BCUT2D eigenvalue weighted by Gasteiger charge is -2.15. The van der Waals surface area contributed by atoms with Crippen LogP contribution in [-0.4, -0.2) is 38.3 Å². The molecule has 0 unspecified atom stereocenters. The highest BCUT2D eigenvalue weighted by molar-refractivity contribution is 14.0. The highest BCUT2D eigenvalue weighted by atomic mass is 127. The van der Waals surface area contributed by atoms with Gasteiger partial charge < -0.3 is 20.1 Å². The SMILES string of the molecule is CN=C(NCCc1cccnc1)NCc1cc(OC)ccc1OC(F)F.I. The predicted molar refractivity (Wildman–Crippen MR) is 111 cm³/mol. The van der Waals surface area contributed by atoms with E-state index in [1.165, 1.54) is 13.2 Å². The number of halogens is 3. The molecular weight excluding hydrogens is 469 g/mol. The Kier molecular flexibility index (Phi) is 10.4. The molecule has 0 fully saturated rings. The van der Waals surface area contributed by atoms with E-state index < -0.39 is 6.61 Å². The van der Waals surface area contributed by atoms with Gasteiger partial charge in [0.15, 0.2) is 5.96 Å². The van der Waals surface area contributed by atoms with Crippen molar-refractivity contribution in [3.63, 3.8) is 0 Å². The molecule has 2 N–H and O–H groups in total. The summed E-state index contributed by atoms with van der Waals surface area (Å²) in [7, 11) is 3.15. The van der Waals surface area contributed by atoms with Gasteiger partial charge in [-0.25, -0.2) is 0 Å². The van der Waals surface area contributed by atoms with Crippen molar-refractivity contribution in [1.82, 2.24) is 15.6 Å². The van der Waals surface area contributed by atoms with Crippen LogP contribution in [0.4, 0.5) is 8.78 Å². The minimum Gasteiger partial charge on any atom is -0.497 e. The number of rotatable bonds is 8. The first kappa shape index (κ1) is 22.9. The van der Waals surface area contributed by atoms with E-state index in [-0.39, 0.29) is 36.3 Å². The Morgan fingerprint density at radius 2 is 2.07 bits per heavy atom. The number of aromatic nitrogens is 1. The average molecular weight is 492 g/mol. The van der Waals surface area contributed by atoms with Crippen LogP contribution in [-0.2, 0) is 13.0 Å². The van der Waals surface area contributed by atoms with Gasteiger partial charge in [-0.15, -0.1) is 24.0 Å². The van der Waals surface area contributed by atoms with Crippen molar-refractivity contribution in [2.75, 3.05) is 20.7 Å². The van der Waals surface area contributed by atoms with Crippen LogP contribution in [0, 0.1) is 0 Å². The number of pyridine rings is 1. The summed E-state index contributed by atoms with van der Waals surface area (Å²) in [5, 5.41) is 6.25. The zero-order valence-electron chi connectivity index (χ0n) is 15.1. The van der Waals surface area contributed by atoms with Crippen LogP contribution in [0.3, 0.4) is 0 Å². The number of ether oxygens (including phenoxy) is 2. The summed E-state index contributed by atoms with van der Waals surface area (Å²) in [5.41, 5.74) is 1.65. The molecule has 0 radical (unpaired) electrons. The normalized spacial score (nSPS) is 10.9. The first-order valence-electron chi connectivity index (χ1n) is 8.07. The van der Waals surface area contributed by atoms with Crippen molar-refractivity contribution in [3.05, 3.63) is 53.9 Å². The molecule has 27 heavy (non-hydrogen) atoms. The molecule has 0 bridgehead atoms. The first-order valence-corrected chi connectivity index (χ1v) is 8.07. The quantitative estimate of drug-likeness (QED) is 0.337. The number of methoxy groups -OCH3 is 1. The van der Waals surface area contributed by atoms with Crippen molar-refractivity contribution >= 4 is 29.9 Å². The van der Waals surface area contributed by atoms with E-state index in [2.05, 4.69) is 25.3 Å². The van der Waals surface area contributed by atoms with E-state index >= 15 is 0 Å². The lowest BCUT2D eigenvalue weighted by atomic mass is 10.2. The van der Waals surface area contributed by atoms with Gasteiger partial charge in [-0.3, -0.25) is 9.98 Å². The largest absolute Gasteiger partial charge is 0.497 e. The Balaban J connectivity index is 0.00000364. The van der Waals surface area contributed by atoms with Gasteiger partial charge in [0, 0.05) is 38.1 Å². The second kappa shape index (κ2) is 12.3. The predicted octanol–water partition coefficient (Wildman–Crippen LogP) is 3.22. The third kappa shape index (κ3) is 7.94. The maximum absolute atomic E-state index is 12.6. The highest BCUT2D eigenvalue weighted by Gasteiger charge is 2.11. The summed E-state index contributed by atoms with van der Waals surface area (Å²) in [6.45, 7) is -1.98. The van der Waals surface area contributed by atoms with Gasteiger partial charge in [0.25, 0.3) is 0 Å². The number of guanidine groups is 1. The van der Waals surface area contributed by atoms with E-state index in [9.17, 15) is 8.78 Å². The standard InChI is InChI=1S/C18H22F2N4O2.HI/c1-21-18(23-9-7-13-4-3-8-22-11-13)24-12-14-10-15(25-2)5-6-16(14)26-17(19)20;/h3-6,8,10-11,17H,7,9,12H2,1-2H3,(H2,21,23,24);1H. The number of nitrogens with zero attached hydrogens (tertiary/aromatic N) is 2. The van der Waals surface area contributed by atoms with Gasteiger partial charge in [-0.1, -0.05) is 6.07 Å². The fraction of sp³-hybridized carbons (Fsp3) is 0.333. The van der Waals surface area contributed by atoms with E-state index in [0.717, 1.165) is 12.0 Å². The summed E-state index contributed by atoms with van der Waals surface area (Å²) < 4.78 is 34.8. The van der Waals surface area contributed by atoms with Gasteiger partial charge in [-0.05, 0) is 36.2 Å². The number of hydrogen-bond donors (Lipinski definition) is 2. The van der Waals surface area contributed by atoms with E-state index in [1.807, 2.05) is 18.3 Å². The fourth-order valence-electron chi connectivity index (χ4n) is 2.30. The summed E-state index contributed by atoms with van der Waals surface area (Å²) in [5.74, 6) is 1.21. The summed E-state index contributed by atoms with van der Waals surface area (Å²) in [6.07, 6.45) is 4.32.